The number of anilines is 2. The number of nitrogens with one attached hydrogen (secondary N) is 1. The molecule has 0 radical (unpaired) electrons. The summed E-state index contributed by atoms with van der Waals surface area (Å²) in [7, 11) is 1.57. The number of hydrogen-bond acceptors (Lipinski definition) is 6. The summed E-state index contributed by atoms with van der Waals surface area (Å²) in [6, 6.07) is 17.3. The molecule has 178 valence electrons. The molecule has 0 bridgehead atoms. The van der Waals surface area contributed by atoms with Crippen LogP contribution in [-0.2, 0) is 9.59 Å². The molecule has 35 heavy (non-hydrogen) atoms. The predicted molar refractivity (Wildman–Crippen MR) is 136 cm³/mol. The van der Waals surface area contributed by atoms with Gasteiger partial charge >= 0.3 is 0 Å². The van der Waals surface area contributed by atoms with Gasteiger partial charge in [-0.3, -0.25) is 9.59 Å². The van der Waals surface area contributed by atoms with Crippen LogP contribution in [0.1, 0.15) is 17.7 Å². The fourth-order valence-electron chi connectivity index (χ4n) is 4.15. The number of aryl methyl sites for hydroxylation is 2. The van der Waals surface area contributed by atoms with Crippen LogP contribution in [-0.4, -0.2) is 40.2 Å². The van der Waals surface area contributed by atoms with Gasteiger partial charge in [-0.25, -0.2) is 4.98 Å². The van der Waals surface area contributed by atoms with E-state index < -0.39 is 5.92 Å². The summed E-state index contributed by atoms with van der Waals surface area (Å²) in [5, 5.41) is 10.1. The van der Waals surface area contributed by atoms with Crippen molar-refractivity contribution in [3.05, 3.63) is 71.2 Å². The zero-order valence-electron chi connectivity index (χ0n) is 19.7. The fraction of sp³-hybridized carbons (Fsp3) is 0.231. The van der Waals surface area contributed by atoms with Crippen molar-refractivity contribution in [2.45, 2.75) is 20.3 Å². The number of carbonyl (C=O) groups excluding carboxylic acids is 2. The van der Waals surface area contributed by atoms with E-state index in [2.05, 4.69) is 22.5 Å². The molecule has 3 heterocycles. The minimum atomic E-state index is -0.490. The lowest BCUT2D eigenvalue weighted by Crippen LogP contribution is -2.28. The van der Waals surface area contributed by atoms with Gasteiger partial charge in [-0.05, 0) is 26.0 Å². The lowest BCUT2D eigenvalue weighted by Gasteiger charge is -2.19. The van der Waals surface area contributed by atoms with Crippen LogP contribution in [0.15, 0.2) is 60.0 Å². The van der Waals surface area contributed by atoms with Gasteiger partial charge in [0.15, 0.2) is 0 Å². The smallest absolute Gasteiger partial charge is 0.230 e. The molecule has 9 heteroatoms. The first kappa shape index (κ1) is 22.8. The minimum Gasteiger partial charge on any atom is -0.495 e. The molecular weight excluding hydrogens is 462 g/mol. The summed E-state index contributed by atoms with van der Waals surface area (Å²) in [6.07, 6.45) is 0.131. The van der Waals surface area contributed by atoms with Crippen molar-refractivity contribution >= 4 is 34.7 Å². The zero-order chi connectivity index (χ0) is 24.5. The number of hydrogen-bond donors (Lipinski definition) is 1. The van der Waals surface area contributed by atoms with Crippen LogP contribution in [0, 0.1) is 19.8 Å². The van der Waals surface area contributed by atoms with Crippen LogP contribution in [0.25, 0.3) is 16.4 Å². The Morgan fingerprint density at radius 1 is 1.14 bits per heavy atom. The summed E-state index contributed by atoms with van der Waals surface area (Å²) in [5.41, 5.74) is 4.48. The number of benzene rings is 2. The second kappa shape index (κ2) is 9.34. The van der Waals surface area contributed by atoms with Gasteiger partial charge in [0.05, 0.1) is 30.1 Å². The molecule has 2 aromatic heterocycles. The number of methoxy groups -OCH3 is 1. The number of nitrogens with zero attached hydrogens (tertiary/aromatic N) is 4. The van der Waals surface area contributed by atoms with Crippen molar-refractivity contribution in [2.24, 2.45) is 5.92 Å². The maximum absolute atomic E-state index is 13.2. The van der Waals surface area contributed by atoms with Crippen LogP contribution >= 0.6 is 11.3 Å². The quantitative estimate of drug-likeness (QED) is 0.429. The van der Waals surface area contributed by atoms with E-state index in [0.29, 0.717) is 22.4 Å². The molecular formula is C26H25N5O3S. The highest BCUT2D eigenvalue weighted by Crippen LogP contribution is 2.33. The molecule has 1 fully saturated rings. The lowest BCUT2D eigenvalue weighted by atomic mass is 10.1. The number of aromatic nitrogens is 3. The molecule has 5 rings (SSSR count). The molecule has 2 amide bonds. The third-order valence-corrected chi connectivity index (χ3v) is 6.79. The van der Waals surface area contributed by atoms with Crippen molar-refractivity contribution in [3.63, 3.8) is 0 Å². The van der Waals surface area contributed by atoms with Gasteiger partial charge in [0.25, 0.3) is 0 Å². The maximum atomic E-state index is 13.2. The van der Waals surface area contributed by atoms with Crippen molar-refractivity contribution in [2.75, 3.05) is 23.9 Å². The monoisotopic (exact) mass is 487 g/mol. The number of rotatable bonds is 6. The van der Waals surface area contributed by atoms with Gasteiger partial charge in [-0.2, -0.15) is 9.78 Å². The van der Waals surface area contributed by atoms with E-state index in [1.54, 1.807) is 28.8 Å². The molecule has 1 aliphatic rings. The van der Waals surface area contributed by atoms with E-state index in [0.717, 1.165) is 17.0 Å². The van der Waals surface area contributed by atoms with Gasteiger partial charge < -0.3 is 15.0 Å². The summed E-state index contributed by atoms with van der Waals surface area (Å²) in [4.78, 5) is 32.2. The van der Waals surface area contributed by atoms with Crippen molar-refractivity contribution in [1.82, 2.24) is 14.8 Å². The Hall–Kier alpha value is -3.98. The Kier molecular flexibility index (Phi) is 6.08. The Labute approximate surface area is 207 Å². The summed E-state index contributed by atoms with van der Waals surface area (Å²) in [5.74, 6) is 0.300. The highest BCUT2D eigenvalue weighted by Gasteiger charge is 2.36. The molecule has 1 saturated heterocycles. The van der Waals surface area contributed by atoms with E-state index in [1.807, 2.05) is 49.6 Å². The molecule has 0 spiro atoms. The van der Waals surface area contributed by atoms with Gasteiger partial charge in [0.2, 0.25) is 16.9 Å². The van der Waals surface area contributed by atoms with Crippen LogP contribution in [0.5, 0.6) is 5.75 Å². The molecule has 1 aliphatic heterocycles. The maximum Gasteiger partial charge on any atom is 0.230 e. The van der Waals surface area contributed by atoms with E-state index in [-0.39, 0.29) is 24.8 Å². The highest BCUT2D eigenvalue weighted by atomic mass is 32.1. The van der Waals surface area contributed by atoms with Crippen molar-refractivity contribution in [3.8, 4) is 22.1 Å². The Morgan fingerprint density at radius 3 is 2.69 bits per heavy atom. The number of para-hydroxylation sites is 2. The topological polar surface area (TPSA) is 89.3 Å². The average molecular weight is 488 g/mol. The minimum absolute atomic E-state index is 0.109. The Bertz CT molecular complexity index is 1390. The SMILES string of the molecule is COc1ccccc1N1CC(C(=O)Nc2cc(C)nn2-c2nc(-c3ccc(C)cc3)cs2)CC1=O. The highest BCUT2D eigenvalue weighted by molar-refractivity contribution is 7.12. The Morgan fingerprint density at radius 2 is 1.91 bits per heavy atom. The zero-order valence-corrected chi connectivity index (χ0v) is 20.5. The largest absolute Gasteiger partial charge is 0.495 e. The average Bonchev–Trinajstić information content (AvgIpc) is 3.58. The summed E-state index contributed by atoms with van der Waals surface area (Å²) < 4.78 is 7.04. The number of ether oxygens (including phenoxy) is 1. The second-order valence-corrected chi connectivity index (χ2v) is 9.37. The Balaban J connectivity index is 1.34. The fourth-order valence-corrected chi connectivity index (χ4v) is 4.95. The molecule has 2 aromatic carbocycles. The first-order chi connectivity index (χ1) is 16.9. The number of carbonyl (C=O) groups is 2. The van der Waals surface area contributed by atoms with Crippen molar-refractivity contribution < 1.29 is 14.3 Å². The first-order valence-electron chi connectivity index (χ1n) is 11.3. The molecule has 8 nitrogen and oxygen atoms in total. The molecule has 1 atom stereocenters. The molecule has 0 saturated carbocycles. The third kappa shape index (κ3) is 4.54. The van der Waals surface area contributed by atoms with Gasteiger partial charge in [0, 0.05) is 30.0 Å². The normalized spacial score (nSPS) is 15.5. The summed E-state index contributed by atoms with van der Waals surface area (Å²) >= 11 is 1.45. The van der Waals surface area contributed by atoms with Crippen LogP contribution in [0.3, 0.4) is 0 Å². The van der Waals surface area contributed by atoms with Crippen molar-refractivity contribution in [1.29, 1.82) is 0 Å². The van der Waals surface area contributed by atoms with E-state index >= 15 is 0 Å². The summed E-state index contributed by atoms with van der Waals surface area (Å²) in [6.45, 7) is 4.20. The van der Waals surface area contributed by atoms with Gasteiger partial charge in [-0.15, -0.1) is 11.3 Å². The predicted octanol–water partition coefficient (Wildman–Crippen LogP) is 4.61. The molecule has 1 N–H and O–H groups in total. The van der Waals surface area contributed by atoms with Crippen LogP contribution in [0.4, 0.5) is 11.5 Å². The second-order valence-electron chi connectivity index (χ2n) is 8.53. The van der Waals surface area contributed by atoms with Gasteiger partial charge in [-0.1, -0.05) is 42.0 Å². The number of amides is 2. The number of thiazole rings is 1. The molecule has 4 aromatic rings. The molecule has 1 unspecified atom stereocenters. The standard InChI is InChI=1S/C26H25N5O3S/c1-16-8-10-18(11-9-16)20-15-35-26(27-20)31-23(12-17(2)29-31)28-25(33)19-13-24(32)30(14-19)21-6-4-5-7-22(21)34-3/h4-12,15,19H,13-14H2,1-3H3,(H,28,33). The van der Waals surface area contributed by atoms with E-state index in [1.165, 1.54) is 16.9 Å². The first-order valence-corrected chi connectivity index (χ1v) is 12.1. The van der Waals surface area contributed by atoms with Crippen LogP contribution in [0.2, 0.25) is 0 Å². The van der Waals surface area contributed by atoms with E-state index in [4.69, 9.17) is 9.72 Å². The van der Waals surface area contributed by atoms with Gasteiger partial charge in [0.1, 0.15) is 11.6 Å². The lowest BCUT2D eigenvalue weighted by molar-refractivity contribution is -0.122. The van der Waals surface area contributed by atoms with Crippen LogP contribution < -0.4 is 15.0 Å². The molecule has 0 aliphatic carbocycles. The third-order valence-electron chi connectivity index (χ3n) is 5.98. The van der Waals surface area contributed by atoms with E-state index in [9.17, 15) is 9.59 Å².